The van der Waals surface area contributed by atoms with Crippen molar-refractivity contribution in [3.8, 4) is 0 Å². The van der Waals surface area contributed by atoms with E-state index in [9.17, 15) is 18.0 Å². The van der Waals surface area contributed by atoms with Crippen molar-refractivity contribution in [1.82, 2.24) is 19.7 Å². The Morgan fingerprint density at radius 1 is 1.46 bits per heavy atom. The number of hydrogen-bond acceptors (Lipinski definition) is 7. The van der Waals surface area contributed by atoms with Crippen LogP contribution in [0.15, 0.2) is 12.4 Å². The van der Waals surface area contributed by atoms with Crippen molar-refractivity contribution in [3.63, 3.8) is 0 Å². The van der Waals surface area contributed by atoms with Gasteiger partial charge in [0.15, 0.2) is 11.2 Å². The predicted molar refractivity (Wildman–Crippen MR) is 86.3 cm³/mol. The molecule has 0 radical (unpaired) electrons. The maximum Gasteiger partial charge on any atom is 0.421 e. The monoisotopic (exact) mass is 390 g/mol. The van der Waals surface area contributed by atoms with Gasteiger partial charge in [-0.3, -0.25) is 4.68 Å². The molecule has 1 saturated heterocycles. The van der Waals surface area contributed by atoms with Crippen molar-refractivity contribution in [2.24, 2.45) is 0 Å². The third-order valence-corrected chi connectivity index (χ3v) is 3.88. The van der Waals surface area contributed by atoms with E-state index in [0.29, 0.717) is 12.6 Å². The van der Waals surface area contributed by atoms with Crippen molar-refractivity contribution in [2.75, 3.05) is 23.8 Å². The van der Waals surface area contributed by atoms with Gasteiger partial charge in [0.05, 0.1) is 18.5 Å². The molecule has 3 rings (SSSR count). The molecule has 8 nitrogen and oxygen atoms in total. The topological polar surface area (TPSA) is 94.0 Å². The van der Waals surface area contributed by atoms with Gasteiger partial charge in [-0.1, -0.05) is 11.6 Å². The Labute approximate surface area is 150 Å². The molecule has 2 N–H and O–H groups in total. The largest absolute Gasteiger partial charge is 0.464 e. The van der Waals surface area contributed by atoms with Crippen LogP contribution in [-0.4, -0.2) is 38.9 Å². The minimum Gasteiger partial charge on any atom is -0.464 e. The van der Waals surface area contributed by atoms with Crippen molar-refractivity contribution in [3.05, 3.63) is 23.1 Å². The lowest BCUT2D eigenvalue weighted by Crippen LogP contribution is -2.14. The van der Waals surface area contributed by atoms with Crippen molar-refractivity contribution in [2.45, 2.75) is 25.6 Å². The van der Waals surface area contributed by atoms with E-state index in [4.69, 9.17) is 16.3 Å². The fourth-order valence-corrected chi connectivity index (χ4v) is 2.59. The minimum absolute atomic E-state index is 0.0261. The molecule has 0 amide bonds. The van der Waals surface area contributed by atoms with Gasteiger partial charge in [-0.2, -0.15) is 23.3 Å². The molecule has 0 bridgehead atoms. The van der Waals surface area contributed by atoms with Crippen LogP contribution in [0.2, 0.25) is 5.15 Å². The summed E-state index contributed by atoms with van der Waals surface area (Å²) in [4.78, 5) is 19.1. The Balaban J connectivity index is 1.86. The Morgan fingerprint density at radius 3 is 2.85 bits per heavy atom. The molecule has 2 aromatic rings. The third-order valence-electron chi connectivity index (χ3n) is 3.60. The normalized spacial score (nSPS) is 17.3. The number of carbonyl (C=O) groups is 1. The molecule has 1 aliphatic rings. The number of aromatic nitrogens is 4. The second-order valence-electron chi connectivity index (χ2n) is 5.39. The second-order valence-corrected chi connectivity index (χ2v) is 5.75. The second kappa shape index (κ2) is 6.98. The zero-order valence-corrected chi connectivity index (χ0v) is 14.2. The minimum atomic E-state index is -4.58. The first-order valence-electron chi connectivity index (χ1n) is 7.66. The van der Waals surface area contributed by atoms with E-state index >= 15 is 0 Å². The number of cyclic esters (lactones) is 1. The fourth-order valence-electron chi connectivity index (χ4n) is 2.41. The van der Waals surface area contributed by atoms with Gasteiger partial charge in [-0.25, -0.2) is 9.78 Å². The Morgan fingerprint density at radius 2 is 2.23 bits per heavy atom. The smallest absolute Gasteiger partial charge is 0.421 e. The number of nitrogens with one attached hydrogen (secondary N) is 2. The van der Waals surface area contributed by atoms with Gasteiger partial charge in [0.1, 0.15) is 11.4 Å². The number of alkyl halides is 3. The number of anilines is 3. The summed E-state index contributed by atoms with van der Waals surface area (Å²) < 4.78 is 45.2. The Hall–Kier alpha value is -2.56. The number of rotatable bonds is 5. The molecule has 26 heavy (non-hydrogen) atoms. The van der Waals surface area contributed by atoms with Gasteiger partial charge < -0.3 is 15.4 Å². The average molecular weight is 391 g/mol. The summed E-state index contributed by atoms with van der Waals surface area (Å²) in [6.45, 7) is 2.19. The summed E-state index contributed by atoms with van der Waals surface area (Å²) in [7, 11) is 0. The molecule has 12 heteroatoms. The lowest BCUT2D eigenvalue weighted by Gasteiger charge is -2.13. The van der Waals surface area contributed by atoms with Gasteiger partial charge in [0, 0.05) is 19.2 Å². The Bertz CT molecular complexity index is 825. The van der Waals surface area contributed by atoms with Gasteiger partial charge in [-0.05, 0) is 6.92 Å². The molecule has 0 spiro atoms. The zero-order chi connectivity index (χ0) is 18.9. The molecule has 1 unspecified atom stereocenters. The molecule has 2 aromatic heterocycles. The van der Waals surface area contributed by atoms with Gasteiger partial charge >= 0.3 is 12.1 Å². The Kier molecular flexibility index (Phi) is 4.90. The highest BCUT2D eigenvalue weighted by Gasteiger charge is 2.35. The maximum atomic E-state index is 13.0. The third kappa shape index (κ3) is 3.66. The first kappa shape index (κ1) is 18.2. The first-order chi connectivity index (χ1) is 12.3. The number of halogens is 4. The lowest BCUT2D eigenvalue weighted by molar-refractivity contribution is -0.141. The van der Waals surface area contributed by atoms with E-state index in [2.05, 4.69) is 25.7 Å². The van der Waals surface area contributed by atoms with Crippen LogP contribution in [0.1, 0.15) is 24.9 Å². The van der Waals surface area contributed by atoms with Crippen LogP contribution >= 0.6 is 11.6 Å². The highest BCUT2D eigenvalue weighted by Crippen LogP contribution is 2.34. The summed E-state index contributed by atoms with van der Waals surface area (Å²) in [5.41, 5.74) is -0.714. The average Bonchev–Trinajstić information content (AvgIpc) is 3.13. The number of ether oxygens (including phenoxy) is 1. The van der Waals surface area contributed by atoms with E-state index in [-0.39, 0.29) is 35.8 Å². The molecular weight excluding hydrogens is 377 g/mol. The van der Waals surface area contributed by atoms with Crippen LogP contribution in [0, 0.1) is 0 Å². The van der Waals surface area contributed by atoms with Gasteiger partial charge in [0.25, 0.3) is 0 Å². The van der Waals surface area contributed by atoms with Crippen LogP contribution in [-0.2, 0) is 15.7 Å². The van der Waals surface area contributed by atoms with Crippen molar-refractivity contribution in [1.29, 1.82) is 0 Å². The summed E-state index contributed by atoms with van der Waals surface area (Å²) in [5, 5.41) is 9.31. The molecule has 0 saturated carbocycles. The summed E-state index contributed by atoms with van der Waals surface area (Å²) in [5.74, 6) is -0.860. The first-order valence-corrected chi connectivity index (χ1v) is 8.03. The highest BCUT2D eigenvalue weighted by atomic mass is 35.5. The van der Waals surface area contributed by atoms with Crippen LogP contribution in [0.25, 0.3) is 0 Å². The number of hydrogen-bond donors (Lipinski definition) is 2. The van der Waals surface area contributed by atoms with E-state index in [1.165, 1.54) is 10.9 Å². The van der Waals surface area contributed by atoms with E-state index in [0.717, 1.165) is 0 Å². The van der Waals surface area contributed by atoms with E-state index in [1.807, 2.05) is 0 Å². The van der Waals surface area contributed by atoms with Gasteiger partial charge in [-0.15, -0.1) is 0 Å². The summed E-state index contributed by atoms with van der Waals surface area (Å²) >= 11 is 6.03. The maximum absolute atomic E-state index is 13.0. The lowest BCUT2D eigenvalue weighted by atomic mass is 10.2. The van der Waals surface area contributed by atoms with Crippen molar-refractivity contribution >= 4 is 35.0 Å². The molecule has 1 fully saturated rings. The molecule has 3 heterocycles. The molecule has 0 aliphatic carbocycles. The van der Waals surface area contributed by atoms with Gasteiger partial charge in [0.2, 0.25) is 5.95 Å². The molecular formula is C14H14ClF3N6O2. The van der Waals surface area contributed by atoms with Crippen LogP contribution < -0.4 is 10.6 Å². The summed E-state index contributed by atoms with van der Waals surface area (Å²) in [6, 6.07) is -0.589. The molecule has 1 atom stereocenters. The standard InChI is InChI=1S/C14H14ClF3N6O2/c1-2-19-11-7(14(16,17)18)5-20-13(22-11)21-8-6-24(23-10(8)15)9-3-4-26-12(9)25/h5-6,9H,2-4H2,1H3,(H2,19,20,21,22). The number of esters is 1. The fraction of sp³-hybridized carbons (Fsp3) is 0.429. The summed E-state index contributed by atoms with van der Waals surface area (Å²) in [6.07, 6.45) is -1.99. The van der Waals surface area contributed by atoms with Crippen LogP contribution in [0.3, 0.4) is 0 Å². The molecule has 1 aliphatic heterocycles. The van der Waals surface area contributed by atoms with Crippen molar-refractivity contribution < 1.29 is 22.7 Å². The van der Waals surface area contributed by atoms with E-state index in [1.54, 1.807) is 6.92 Å². The molecule has 0 aromatic carbocycles. The number of carbonyl (C=O) groups excluding carboxylic acids is 1. The van der Waals surface area contributed by atoms with Crippen LogP contribution in [0.5, 0.6) is 0 Å². The zero-order valence-electron chi connectivity index (χ0n) is 13.5. The van der Waals surface area contributed by atoms with E-state index < -0.39 is 23.8 Å². The predicted octanol–water partition coefficient (Wildman–Crippen LogP) is 3.01. The highest BCUT2D eigenvalue weighted by molar-refractivity contribution is 6.32. The molecule has 140 valence electrons. The SMILES string of the molecule is CCNc1nc(Nc2cn(C3CCOC3=O)nc2Cl)ncc1C(F)(F)F. The van der Waals surface area contributed by atoms with Crippen LogP contribution in [0.4, 0.5) is 30.6 Å². The number of nitrogens with zero attached hydrogens (tertiary/aromatic N) is 4. The quantitative estimate of drug-likeness (QED) is 0.758.